The molecule has 1 unspecified atom stereocenters. The molecule has 0 aliphatic carbocycles. The molecule has 1 saturated heterocycles. The zero-order chi connectivity index (χ0) is 14.7. The zero-order valence-electron chi connectivity index (χ0n) is 12.4. The lowest BCUT2D eigenvalue weighted by Gasteiger charge is -2.29. The average molecular weight is 271 g/mol. The van der Waals surface area contributed by atoms with Gasteiger partial charge in [-0.15, -0.1) is 0 Å². The molecule has 1 rings (SSSR count). The summed E-state index contributed by atoms with van der Waals surface area (Å²) in [4.78, 5) is 26.3. The van der Waals surface area contributed by atoms with Crippen molar-refractivity contribution in [1.29, 1.82) is 0 Å². The fourth-order valence-electron chi connectivity index (χ4n) is 2.77. The van der Waals surface area contributed by atoms with Gasteiger partial charge in [-0.1, -0.05) is 13.8 Å². The number of nitrogens with zero attached hydrogens (tertiary/aromatic N) is 1. The van der Waals surface area contributed by atoms with E-state index in [9.17, 15) is 14.7 Å². The fourth-order valence-corrected chi connectivity index (χ4v) is 2.77. The molecular formula is C14H25NO4. The minimum absolute atomic E-state index is 0.109. The van der Waals surface area contributed by atoms with Crippen LogP contribution in [0.2, 0.25) is 0 Å². The molecule has 0 amide bonds. The Labute approximate surface area is 114 Å². The number of aliphatic hydroxyl groups is 1. The van der Waals surface area contributed by atoms with E-state index >= 15 is 0 Å². The van der Waals surface area contributed by atoms with Crippen LogP contribution in [0.15, 0.2) is 0 Å². The number of carbonyl (C=O) groups is 2. The summed E-state index contributed by atoms with van der Waals surface area (Å²) in [5.41, 5.74) is -1.77. The molecule has 19 heavy (non-hydrogen) atoms. The van der Waals surface area contributed by atoms with Gasteiger partial charge < -0.3 is 9.84 Å². The summed E-state index contributed by atoms with van der Waals surface area (Å²) in [7, 11) is 1.32. The van der Waals surface area contributed by atoms with E-state index < -0.39 is 17.0 Å². The minimum atomic E-state index is -1.04. The molecule has 1 aliphatic rings. The average Bonchev–Trinajstić information content (AvgIpc) is 2.70. The summed E-state index contributed by atoms with van der Waals surface area (Å²) in [6.07, 6.45) is 1.54. The number of ketones is 1. The molecule has 1 N–H and O–H groups in total. The molecule has 0 bridgehead atoms. The van der Waals surface area contributed by atoms with Gasteiger partial charge in [0.15, 0.2) is 5.78 Å². The van der Waals surface area contributed by atoms with Crippen molar-refractivity contribution in [2.24, 2.45) is 5.41 Å². The molecule has 110 valence electrons. The van der Waals surface area contributed by atoms with Crippen molar-refractivity contribution < 1.29 is 19.4 Å². The number of β-amino-alcohol motifs (C(OH)–C–C–N with tert-alkyl or cyclic N) is 1. The Hall–Kier alpha value is -0.940. The van der Waals surface area contributed by atoms with Crippen LogP contribution in [0, 0.1) is 5.41 Å². The third kappa shape index (κ3) is 3.34. The number of carbonyl (C=O) groups excluding carboxylic acids is 2. The predicted molar refractivity (Wildman–Crippen MR) is 71.7 cm³/mol. The molecule has 0 saturated carbocycles. The highest BCUT2D eigenvalue weighted by Crippen LogP contribution is 2.31. The van der Waals surface area contributed by atoms with E-state index in [0.717, 1.165) is 0 Å². The van der Waals surface area contributed by atoms with Gasteiger partial charge in [-0.25, -0.2) is 0 Å². The maximum Gasteiger partial charge on any atom is 0.319 e. The molecule has 1 aliphatic heterocycles. The Bertz CT molecular complexity index is 347. The van der Waals surface area contributed by atoms with Gasteiger partial charge in [0, 0.05) is 13.1 Å². The molecule has 1 atom stereocenters. The lowest BCUT2D eigenvalue weighted by molar-refractivity contribution is -0.159. The minimum Gasteiger partial charge on any atom is -0.468 e. The number of hydrogen-bond donors (Lipinski definition) is 1. The first-order valence-electron chi connectivity index (χ1n) is 6.87. The number of ether oxygens (including phenoxy) is 1. The van der Waals surface area contributed by atoms with Crippen molar-refractivity contribution in [2.45, 2.75) is 45.6 Å². The summed E-state index contributed by atoms with van der Waals surface area (Å²) >= 11 is 0. The Morgan fingerprint density at radius 3 is 2.32 bits per heavy atom. The topological polar surface area (TPSA) is 66.8 Å². The highest BCUT2D eigenvalue weighted by molar-refractivity contribution is 6.04. The molecule has 5 nitrogen and oxygen atoms in total. The molecule has 5 heteroatoms. The molecule has 0 radical (unpaired) electrons. The lowest BCUT2D eigenvalue weighted by atomic mass is 9.78. The van der Waals surface area contributed by atoms with Crippen molar-refractivity contribution in [2.75, 3.05) is 26.7 Å². The SMILES string of the molecule is CCC(CC)(C(=O)CN1CCC(C)(O)C1)C(=O)OC. The van der Waals surface area contributed by atoms with Crippen molar-refractivity contribution in [3.8, 4) is 0 Å². The Morgan fingerprint density at radius 2 is 1.95 bits per heavy atom. The van der Waals surface area contributed by atoms with Crippen LogP contribution in [0.4, 0.5) is 0 Å². The van der Waals surface area contributed by atoms with E-state index in [-0.39, 0.29) is 12.3 Å². The van der Waals surface area contributed by atoms with Crippen molar-refractivity contribution in [3.63, 3.8) is 0 Å². The number of hydrogen-bond acceptors (Lipinski definition) is 5. The van der Waals surface area contributed by atoms with Crippen LogP contribution in [0.3, 0.4) is 0 Å². The number of esters is 1. The molecule has 0 aromatic carbocycles. The maximum absolute atomic E-state index is 12.5. The summed E-state index contributed by atoms with van der Waals surface area (Å²) in [6, 6.07) is 0. The van der Waals surface area contributed by atoms with Crippen LogP contribution in [0.1, 0.15) is 40.0 Å². The third-order valence-electron chi connectivity index (χ3n) is 4.22. The Morgan fingerprint density at radius 1 is 1.37 bits per heavy atom. The van der Waals surface area contributed by atoms with Crippen LogP contribution < -0.4 is 0 Å². The van der Waals surface area contributed by atoms with E-state index in [1.54, 1.807) is 6.92 Å². The summed E-state index contributed by atoms with van der Waals surface area (Å²) in [6.45, 7) is 6.79. The lowest BCUT2D eigenvalue weighted by Crippen LogP contribution is -2.45. The highest BCUT2D eigenvalue weighted by Gasteiger charge is 2.44. The van der Waals surface area contributed by atoms with Gasteiger partial charge in [-0.2, -0.15) is 0 Å². The predicted octanol–water partition coefficient (Wildman–Crippen LogP) is 0.992. The summed E-state index contributed by atoms with van der Waals surface area (Å²) in [5, 5.41) is 9.91. The summed E-state index contributed by atoms with van der Waals surface area (Å²) in [5.74, 6) is -0.560. The largest absolute Gasteiger partial charge is 0.468 e. The van der Waals surface area contributed by atoms with Crippen molar-refractivity contribution >= 4 is 11.8 Å². The van der Waals surface area contributed by atoms with E-state index in [2.05, 4.69) is 0 Å². The normalized spacial score (nSPS) is 24.5. The van der Waals surface area contributed by atoms with Crippen LogP contribution in [0.5, 0.6) is 0 Å². The number of likely N-dealkylation sites (tertiary alicyclic amines) is 1. The fraction of sp³-hybridized carbons (Fsp3) is 0.857. The Balaban J connectivity index is 2.76. The van der Waals surface area contributed by atoms with Crippen molar-refractivity contribution in [3.05, 3.63) is 0 Å². The molecule has 1 fully saturated rings. The molecular weight excluding hydrogens is 246 g/mol. The first-order valence-corrected chi connectivity index (χ1v) is 6.87. The van der Waals surface area contributed by atoms with Gasteiger partial charge >= 0.3 is 5.97 Å². The zero-order valence-corrected chi connectivity index (χ0v) is 12.4. The monoisotopic (exact) mass is 271 g/mol. The van der Waals surface area contributed by atoms with Gasteiger partial charge in [0.2, 0.25) is 0 Å². The van der Waals surface area contributed by atoms with Gasteiger partial charge in [-0.05, 0) is 26.2 Å². The first kappa shape index (κ1) is 16.1. The van der Waals surface area contributed by atoms with E-state index in [0.29, 0.717) is 32.4 Å². The Kier molecular flexibility index (Phi) is 5.10. The molecule has 1 heterocycles. The van der Waals surface area contributed by atoms with E-state index in [1.165, 1.54) is 7.11 Å². The van der Waals surface area contributed by atoms with Crippen molar-refractivity contribution in [1.82, 2.24) is 4.90 Å². The second kappa shape index (κ2) is 6.01. The summed E-state index contributed by atoms with van der Waals surface area (Å²) < 4.78 is 4.80. The van der Waals surface area contributed by atoms with E-state index in [1.807, 2.05) is 18.7 Å². The maximum atomic E-state index is 12.5. The smallest absolute Gasteiger partial charge is 0.319 e. The van der Waals surface area contributed by atoms with Crippen LogP contribution in [-0.4, -0.2) is 54.1 Å². The number of Topliss-reactive ketones (excluding diaryl/α,β-unsaturated/α-hetero) is 1. The van der Waals surface area contributed by atoms with Gasteiger partial charge in [-0.3, -0.25) is 14.5 Å². The second-order valence-corrected chi connectivity index (χ2v) is 5.66. The van der Waals surface area contributed by atoms with Crippen LogP contribution >= 0.6 is 0 Å². The molecule has 0 aromatic heterocycles. The van der Waals surface area contributed by atoms with Crippen LogP contribution in [0.25, 0.3) is 0 Å². The second-order valence-electron chi connectivity index (χ2n) is 5.66. The number of methoxy groups -OCH3 is 1. The quantitative estimate of drug-likeness (QED) is 0.576. The third-order valence-corrected chi connectivity index (χ3v) is 4.22. The number of rotatable bonds is 6. The standard InChI is InChI=1S/C14H25NO4/c1-5-14(6-2,12(17)19-4)11(16)9-15-8-7-13(3,18)10-15/h18H,5-10H2,1-4H3. The van der Waals surface area contributed by atoms with Gasteiger partial charge in [0.05, 0.1) is 19.3 Å². The first-order chi connectivity index (χ1) is 8.81. The van der Waals surface area contributed by atoms with E-state index in [4.69, 9.17) is 4.74 Å². The van der Waals surface area contributed by atoms with Gasteiger partial charge in [0.1, 0.15) is 5.41 Å². The highest BCUT2D eigenvalue weighted by atomic mass is 16.5. The van der Waals surface area contributed by atoms with Gasteiger partial charge in [0.25, 0.3) is 0 Å². The molecule has 0 aromatic rings. The van der Waals surface area contributed by atoms with Crippen LogP contribution in [-0.2, 0) is 14.3 Å². The molecule has 0 spiro atoms.